The van der Waals surface area contributed by atoms with Gasteiger partial charge in [0.1, 0.15) is 11.0 Å². The van der Waals surface area contributed by atoms with Crippen LogP contribution in [0.1, 0.15) is 11.1 Å². The van der Waals surface area contributed by atoms with Crippen LogP contribution < -0.4 is 4.90 Å². The van der Waals surface area contributed by atoms with Crippen molar-refractivity contribution in [2.75, 3.05) is 11.4 Å². The summed E-state index contributed by atoms with van der Waals surface area (Å²) in [7, 11) is 0. The van der Waals surface area contributed by atoms with Crippen molar-refractivity contribution in [2.24, 2.45) is 0 Å². The fraction of sp³-hybridized carbons (Fsp3) is 0.231. The van der Waals surface area contributed by atoms with Crippen molar-refractivity contribution in [3.05, 3.63) is 46.9 Å². The summed E-state index contributed by atoms with van der Waals surface area (Å²) >= 11 is 5.71. The fourth-order valence-electron chi connectivity index (χ4n) is 2.25. The molecule has 104 valence electrons. The first-order chi connectivity index (χ1) is 9.45. The summed E-state index contributed by atoms with van der Waals surface area (Å²) in [6, 6.07) is 3.61. The van der Waals surface area contributed by atoms with Crippen molar-refractivity contribution in [2.45, 2.75) is 12.6 Å². The van der Waals surface area contributed by atoms with Crippen molar-refractivity contribution < 1.29 is 13.2 Å². The van der Waals surface area contributed by atoms with E-state index in [0.29, 0.717) is 6.54 Å². The minimum atomic E-state index is -4.44. The standard InChI is InChI=1S/C13H9ClF3N3/c14-11-5-9(13(15,16)17)6-12(19-11)20-4-2-8-7-18-3-1-10(8)20/h1,3,5-7H,2,4H2. The van der Waals surface area contributed by atoms with Crippen LogP contribution in [0.3, 0.4) is 0 Å². The minimum absolute atomic E-state index is 0.169. The molecule has 3 rings (SSSR count). The summed E-state index contributed by atoms with van der Waals surface area (Å²) in [5.74, 6) is 0.203. The Balaban J connectivity index is 2.06. The third-order valence-electron chi connectivity index (χ3n) is 3.16. The molecule has 0 amide bonds. The van der Waals surface area contributed by atoms with Crippen molar-refractivity contribution in [1.29, 1.82) is 0 Å². The summed E-state index contributed by atoms with van der Waals surface area (Å²) < 4.78 is 38.4. The molecule has 0 atom stereocenters. The number of fused-ring (bicyclic) bond motifs is 1. The molecule has 3 heterocycles. The average molecular weight is 300 g/mol. The summed E-state index contributed by atoms with van der Waals surface area (Å²) in [6.45, 7) is 0.561. The molecule has 2 aromatic heterocycles. The zero-order chi connectivity index (χ0) is 14.3. The van der Waals surface area contributed by atoms with Gasteiger partial charge in [0.2, 0.25) is 0 Å². The van der Waals surface area contributed by atoms with Gasteiger partial charge in [0.15, 0.2) is 0 Å². The van der Waals surface area contributed by atoms with Crippen molar-refractivity contribution >= 4 is 23.1 Å². The van der Waals surface area contributed by atoms with Gasteiger partial charge < -0.3 is 4.90 Å². The van der Waals surface area contributed by atoms with Crippen LogP contribution in [-0.4, -0.2) is 16.5 Å². The van der Waals surface area contributed by atoms with E-state index in [2.05, 4.69) is 9.97 Å². The molecule has 0 bridgehead atoms. The number of aromatic nitrogens is 2. The monoisotopic (exact) mass is 299 g/mol. The fourth-order valence-corrected chi connectivity index (χ4v) is 2.46. The molecular weight excluding hydrogens is 291 g/mol. The highest BCUT2D eigenvalue weighted by atomic mass is 35.5. The van der Waals surface area contributed by atoms with E-state index in [0.717, 1.165) is 29.8 Å². The highest BCUT2D eigenvalue weighted by Gasteiger charge is 2.33. The van der Waals surface area contributed by atoms with Crippen LogP contribution in [0.25, 0.3) is 0 Å². The SMILES string of the molecule is FC(F)(F)c1cc(Cl)nc(N2CCc3cnccc32)c1. The largest absolute Gasteiger partial charge is 0.416 e. The number of nitrogens with zero attached hydrogens (tertiary/aromatic N) is 3. The Morgan fingerprint density at radius 1 is 1.25 bits per heavy atom. The van der Waals surface area contributed by atoms with E-state index in [1.165, 1.54) is 0 Å². The molecule has 0 spiro atoms. The maximum atomic E-state index is 12.8. The summed E-state index contributed by atoms with van der Waals surface area (Å²) in [5, 5.41) is -0.169. The molecule has 0 aliphatic carbocycles. The molecule has 2 aromatic rings. The second kappa shape index (κ2) is 4.63. The lowest BCUT2D eigenvalue weighted by Crippen LogP contribution is -2.16. The number of hydrogen-bond donors (Lipinski definition) is 0. The Kier molecular flexibility index (Phi) is 3.05. The van der Waals surface area contributed by atoms with Crippen molar-refractivity contribution in [3.8, 4) is 0 Å². The molecule has 0 saturated heterocycles. The van der Waals surface area contributed by atoms with Gasteiger partial charge >= 0.3 is 6.18 Å². The van der Waals surface area contributed by atoms with Crippen LogP contribution in [0.15, 0.2) is 30.6 Å². The second-order valence-corrected chi connectivity index (χ2v) is 4.83. The first-order valence-corrected chi connectivity index (χ1v) is 6.28. The Morgan fingerprint density at radius 3 is 2.80 bits per heavy atom. The quantitative estimate of drug-likeness (QED) is 0.749. The molecule has 1 aliphatic heterocycles. The molecule has 7 heteroatoms. The van der Waals surface area contributed by atoms with E-state index in [9.17, 15) is 13.2 Å². The number of hydrogen-bond acceptors (Lipinski definition) is 3. The first-order valence-electron chi connectivity index (χ1n) is 5.90. The van der Waals surface area contributed by atoms with Gasteiger partial charge in [-0.2, -0.15) is 13.2 Å². The molecular formula is C13H9ClF3N3. The van der Waals surface area contributed by atoms with Gasteiger partial charge in [0.25, 0.3) is 0 Å². The van der Waals surface area contributed by atoms with E-state index in [1.807, 2.05) is 0 Å². The highest BCUT2D eigenvalue weighted by Crippen LogP contribution is 2.37. The first kappa shape index (κ1) is 13.2. The Morgan fingerprint density at radius 2 is 2.05 bits per heavy atom. The molecule has 0 radical (unpaired) electrons. The predicted molar refractivity (Wildman–Crippen MR) is 69.2 cm³/mol. The minimum Gasteiger partial charge on any atom is -0.326 e. The Bertz CT molecular complexity index is 658. The van der Waals surface area contributed by atoms with Gasteiger partial charge in [-0.05, 0) is 30.2 Å². The number of pyridine rings is 2. The van der Waals surface area contributed by atoms with Crippen molar-refractivity contribution in [1.82, 2.24) is 9.97 Å². The number of halogens is 4. The topological polar surface area (TPSA) is 29.0 Å². The summed E-state index contributed by atoms with van der Waals surface area (Å²) in [5.41, 5.74) is 1.01. The molecule has 0 aromatic carbocycles. The average Bonchev–Trinajstić information content (AvgIpc) is 2.80. The second-order valence-electron chi connectivity index (χ2n) is 4.44. The van der Waals surface area contributed by atoms with Gasteiger partial charge in [-0.15, -0.1) is 0 Å². The van der Waals surface area contributed by atoms with Crippen LogP contribution in [0, 0.1) is 0 Å². The van der Waals surface area contributed by atoms with Gasteiger partial charge in [-0.1, -0.05) is 11.6 Å². The van der Waals surface area contributed by atoms with E-state index in [4.69, 9.17) is 11.6 Å². The van der Waals surface area contributed by atoms with Gasteiger partial charge in [0, 0.05) is 24.6 Å². The van der Waals surface area contributed by atoms with E-state index in [-0.39, 0.29) is 11.0 Å². The summed E-state index contributed by atoms with van der Waals surface area (Å²) in [4.78, 5) is 9.73. The normalized spacial score (nSPS) is 14.5. The predicted octanol–water partition coefficient (Wildman–Crippen LogP) is 3.84. The van der Waals surface area contributed by atoms with Gasteiger partial charge in [0.05, 0.1) is 5.56 Å². The maximum absolute atomic E-state index is 12.8. The number of anilines is 2. The lowest BCUT2D eigenvalue weighted by Gasteiger charge is -2.19. The van der Waals surface area contributed by atoms with Gasteiger partial charge in [-0.25, -0.2) is 4.98 Å². The Hall–Kier alpha value is -1.82. The lowest BCUT2D eigenvalue weighted by atomic mass is 10.2. The van der Waals surface area contributed by atoms with Crippen LogP contribution in [0.5, 0.6) is 0 Å². The third-order valence-corrected chi connectivity index (χ3v) is 3.35. The highest BCUT2D eigenvalue weighted by molar-refractivity contribution is 6.29. The molecule has 0 saturated carbocycles. The smallest absolute Gasteiger partial charge is 0.326 e. The molecule has 0 N–H and O–H groups in total. The van der Waals surface area contributed by atoms with Crippen LogP contribution in [-0.2, 0) is 12.6 Å². The zero-order valence-electron chi connectivity index (χ0n) is 10.2. The molecule has 20 heavy (non-hydrogen) atoms. The lowest BCUT2D eigenvalue weighted by molar-refractivity contribution is -0.137. The van der Waals surface area contributed by atoms with E-state index >= 15 is 0 Å². The molecule has 0 unspecified atom stereocenters. The van der Waals surface area contributed by atoms with Crippen LogP contribution >= 0.6 is 11.6 Å². The Labute approximate surface area is 118 Å². The van der Waals surface area contributed by atoms with E-state index in [1.54, 1.807) is 23.4 Å². The van der Waals surface area contributed by atoms with Crippen LogP contribution in [0.4, 0.5) is 24.7 Å². The van der Waals surface area contributed by atoms with Crippen molar-refractivity contribution in [3.63, 3.8) is 0 Å². The number of alkyl halides is 3. The van der Waals surface area contributed by atoms with Gasteiger partial charge in [-0.3, -0.25) is 4.98 Å². The number of rotatable bonds is 1. The molecule has 1 aliphatic rings. The maximum Gasteiger partial charge on any atom is 0.416 e. The summed E-state index contributed by atoms with van der Waals surface area (Å²) in [6.07, 6.45) is -0.405. The van der Waals surface area contributed by atoms with Crippen LogP contribution in [0.2, 0.25) is 5.15 Å². The van der Waals surface area contributed by atoms with E-state index < -0.39 is 11.7 Å². The molecule has 0 fully saturated rings. The zero-order valence-corrected chi connectivity index (χ0v) is 10.9. The molecule has 3 nitrogen and oxygen atoms in total. The third kappa shape index (κ3) is 2.31.